The predicted molar refractivity (Wildman–Crippen MR) is 91.0 cm³/mol. The maximum atomic E-state index is 12.0. The average Bonchev–Trinajstić information content (AvgIpc) is 2.93. The molecule has 2 rings (SSSR count). The summed E-state index contributed by atoms with van der Waals surface area (Å²) in [5, 5.41) is 2.82. The number of halogens is 1. The van der Waals surface area contributed by atoms with Crippen molar-refractivity contribution in [3.63, 3.8) is 0 Å². The van der Waals surface area contributed by atoms with Crippen LogP contribution < -0.4 is 4.90 Å². The van der Waals surface area contributed by atoms with E-state index >= 15 is 0 Å². The lowest BCUT2D eigenvalue weighted by molar-refractivity contribution is -0.148. The summed E-state index contributed by atoms with van der Waals surface area (Å²) in [4.78, 5) is 29.3. The van der Waals surface area contributed by atoms with Gasteiger partial charge in [-0.3, -0.25) is 14.5 Å². The van der Waals surface area contributed by atoms with Crippen molar-refractivity contribution in [1.82, 2.24) is 4.98 Å². The van der Waals surface area contributed by atoms with Gasteiger partial charge in [0, 0.05) is 17.3 Å². The van der Waals surface area contributed by atoms with Gasteiger partial charge in [0.1, 0.15) is 6.61 Å². The Kier molecular flexibility index (Phi) is 5.74. The van der Waals surface area contributed by atoms with Crippen LogP contribution in [0.1, 0.15) is 26.5 Å². The monoisotopic (exact) mass is 352 g/mol. The molecule has 0 fully saturated rings. The zero-order valence-corrected chi connectivity index (χ0v) is 14.6. The minimum atomic E-state index is -0.280. The first kappa shape index (κ1) is 17.4. The average molecular weight is 353 g/mol. The van der Waals surface area contributed by atoms with Crippen molar-refractivity contribution in [2.75, 3.05) is 4.90 Å². The van der Waals surface area contributed by atoms with E-state index in [0.29, 0.717) is 21.5 Å². The number of ether oxygens (including phenoxy) is 1. The molecule has 1 amide bonds. The van der Waals surface area contributed by atoms with Crippen LogP contribution in [0.5, 0.6) is 0 Å². The van der Waals surface area contributed by atoms with Crippen molar-refractivity contribution in [2.45, 2.75) is 27.4 Å². The summed E-state index contributed by atoms with van der Waals surface area (Å²) in [7, 11) is 0. The molecule has 0 spiro atoms. The lowest BCUT2D eigenvalue weighted by Gasteiger charge is -2.18. The molecular weight excluding hydrogens is 336 g/mol. The first-order valence-corrected chi connectivity index (χ1v) is 8.31. The van der Waals surface area contributed by atoms with Crippen molar-refractivity contribution in [3.05, 3.63) is 40.4 Å². The number of benzene rings is 1. The first-order chi connectivity index (χ1) is 10.9. The van der Waals surface area contributed by atoms with Crippen molar-refractivity contribution in [2.24, 2.45) is 5.92 Å². The van der Waals surface area contributed by atoms with Gasteiger partial charge < -0.3 is 4.74 Å². The Morgan fingerprint density at radius 1 is 1.39 bits per heavy atom. The summed E-state index contributed by atoms with van der Waals surface area (Å²) in [6.45, 7) is 5.09. The van der Waals surface area contributed by atoms with Gasteiger partial charge in [-0.2, -0.15) is 0 Å². The zero-order chi connectivity index (χ0) is 17.0. The normalized spacial score (nSPS) is 10.7. The van der Waals surface area contributed by atoms with Crippen LogP contribution in [0, 0.1) is 5.92 Å². The second-order valence-electron chi connectivity index (χ2n) is 5.22. The lowest BCUT2D eigenvalue weighted by Crippen LogP contribution is -2.22. The van der Waals surface area contributed by atoms with Crippen LogP contribution in [0.4, 0.5) is 10.8 Å². The SMILES string of the molecule is CC(=O)N(c1cccc(Cl)c1)c1nc(COC(=O)C(C)C)cs1. The van der Waals surface area contributed by atoms with Crippen LogP contribution in [0.2, 0.25) is 5.02 Å². The van der Waals surface area contributed by atoms with E-state index in [1.807, 2.05) is 0 Å². The van der Waals surface area contributed by atoms with E-state index in [1.54, 1.807) is 43.5 Å². The summed E-state index contributed by atoms with van der Waals surface area (Å²) in [5.41, 5.74) is 1.25. The van der Waals surface area contributed by atoms with Gasteiger partial charge in [-0.25, -0.2) is 4.98 Å². The Hall–Kier alpha value is -1.92. The summed E-state index contributed by atoms with van der Waals surface area (Å²) in [6, 6.07) is 6.99. The smallest absolute Gasteiger partial charge is 0.308 e. The van der Waals surface area contributed by atoms with Crippen LogP contribution in [0.3, 0.4) is 0 Å². The molecule has 1 aromatic heterocycles. The van der Waals surface area contributed by atoms with E-state index in [0.717, 1.165) is 0 Å². The Bertz CT molecular complexity index is 715. The number of aromatic nitrogens is 1. The maximum absolute atomic E-state index is 12.0. The summed E-state index contributed by atoms with van der Waals surface area (Å²) in [6.07, 6.45) is 0. The number of hydrogen-bond donors (Lipinski definition) is 0. The van der Waals surface area contributed by atoms with Crippen LogP contribution in [-0.2, 0) is 20.9 Å². The number of nitrogens with zero attached hydrogens (tertiary/aromatic N) is 2. The van der Waals surface area contributed by atoms with Crippen molar-refractivity contribution in [3.8, 4) is 0 Å². The van der Waals surface area contributed by atoms with E-state index in [4.69, 9.17) is 16.3 Å². The largest absolute Gasteiger partial charge is 0.459 e. The third kappa shape index (κ3) is 4.53. The molecule has 23 heavy (non-hydrogen) atoms. The number of esters is 1. The Labute approximate surface area is 143 Å². The lowest BCUT2D eigenvalue weighted by atomic mass is 10.2. The van der Waals surface area contributed by atoms with Gasteiger partial charge >= 0.3 is 5.97 Å². The van der Waals surface area contributed by atoms with Gasteiger partial charge in [-0.15, -0.1) is 11.3 Å². The molecule has 122 valence electrons. The molecule has 2 aromatic rings. The molecule has 0 aliphatic carbocycles. The fourth-order valence-corrected chi connectivity index (χ4v) is 2.88. The molecule has 0 unspecified atom stereocenters. The van der Waals surface area contributed by atoms with Gasteiger partial charge in [0.15, 0.2) is 5.13 Å². The predicted octanol–water partition coefficient (Wildman–Crippen LogP) is 4.18. The standard InChI is InChI=1S/C16H17ClN2O3S/c1-10(2)15(21)22-8-13-9-23-16(18-13)19(11(3)20)14-6-4-5-12(17)7-14/h4-7,9-10H,8H2,1-3H3. The fraction of sp³-hybridized carbons (Fsp3) is 0.312. The molecule has 0 aliphatic rings. The maximum Gasteiger partial charge on any atom is 0.308 e. The number of hydrogen-bond acceptors (Lipinski definition) is 5. The molecule has 1 aromatic carbocycles. The van der Waals surface area contributed by atoms with Crippen molar-refractivity contribution < 1.29 is 14.3 Å². The van der Waals surface area contributed by atoms with Gasteiger partial charge in [0.2, 0.25) is 5.91 Å². The number of carbonyl (C=O) groups excluding carboxylic acids is 2. The van der Waals surface area contributed by atoms with Crippen molar-refractivity contribution in [1.29, 1.82) is 0 Å². The number of anilines is 2. The highest BCUT2D eigenvalue weighted by atomic mass is 35.5. The summed E-state index contributed by atoms with van der Waals surface area (Å²) < 4.78 is 5.15. The molecule has 0 aliphatic heterocycles. The van der Waals surface area contributed by atoms with Crippen molar-refractivity contribution >= 4 is 45.6 Å². The molecular formula is C16H17ClN2O3S. The second kappa shape index (κ2) is 7.57. The molecule has 1 heterocycles. The number of carbonyl (C=O) groups is 2. The highest BCUT2D eigenvalue weighted by Crippen LogP contribution is 2.30. The van der Waals surface area contributed by atoms with Gasteiger partial charge in [0.05, 0.1) is 17.3 Å². The fourth-order valence-electron chi connectivity index (χ4n) is 1.82. The quantitative estimate of drug-likeness (QED) is 0.757. The zero-order valence-electron chi connectivity index (χ0n) is 13.1. The molecule has 0 N–H and O–H groups in total. The van der Waals surface area contributed by atoms with E-state index in [1.165, 1.54) is 23.2 Å². The Morgan fingerprint density at radius 3 is 2.74 bits per heavy atom. The Morgan fingerprint density at radius 2 is 2.13 bits per heavy atom. The van der Waals surface area contributed by atoms with E-state index in [-0.39, 0.29) is 24.4 Å². The molecule has 0 saturated heterocycles. The summed E-state index contributed by atoms with van der Waals surface area (Å²) in [5.74, 6) is -0.640. The van der Waals surface area contributed by atoms with Crippen LogP contribution in [0.25, 0.3) is 0 Å². The van der Waals surface area contributed by atoms with Gasteiger partial charge in [0.25, 0.3) is 0 Å². The molecule has 0 bridgehead atoms. The van der Waals surface area contributed by atoms with E-state index < -0.39 is 0 Å². The molecule has 0 atom stereocenters. The van der Waals surface area contributed by atoms with Crippen LogP contribution in [-0.4, -0.2) is 16.9 Å². The Balaban J connectivity index is 2.19. The molecule has 7 heteroatoms. The van der Waals surface area contributed by atoms with Crippen LogP contribution in [0.15, 0.2) is 29.6 Å². The third-order valence-electron chi connectivity index (χ3n) is 2.95. The molecule has 5 nitrogen and oxygen atoms in total. The summed E-state index contributed by atoms with van der Waals surface area (Å²) >= 11 is 7.29. The minimum Gasteiger partial charge on any atom is -0.459 e. The first-order valence-electron chi connectivity index (χ1n) is 7.05. The number of rotatable bonds is 5. The van der Waals surface area contributed by atoms with Crippen LogP contribution >= 0.6 is 22.9 Å². The third-order valence-corrected chi connectivity index (χ3v) is 4.06. The second-order valence-corrected chi connectivity index (χ2v) is 6.49. The van der Waals surface area contributed by atoms with E-state index in [9.17, 15) is 9.59 Å². The highest BCUT2D eigenvalue weighted by Gasteiger charge is 2.19. The van der Waals surface area contributed by atoms with Gasteiger partial charge in [-0.05, 0) is 18.2 Å². The topological polar surface area (TPSA) is 59.5 Å². The highest BCUT2D eigenvalue weighted by molar-refractivity contribution is 7.14. The van der Waals surface area contributed by atoms with Gasteiger partial charge in [-0.1, -0.05) is 31.5 Å². The number of amides is 1. The molecule has 0 saturated carbocycles. The van der Waals surface area contributed by atoms with E-state index in [2.05, 4.69) is 4.98 Å². The molecule has 0 radical (unpaired) electrons. The number of thiazole rings is 1. The minimum absolute atomic E-state index is 0.0921.